The second-order valence-electron chi connectivity index (χ2n) is 8.60. The van der Waals surface area contributed by atoms with E-state index in [-0.39, 0.29) is 55.0 Å². The summed E-state index contributed by atoms with van der Waals surface area (Å²) in [7, 11) is 1.43. The van der Waals surface area contributed by atoms with Crippen LogP contribution in [0.1, 0.15) is 38.4 Å². The minimum absolute atomic E-state index is 0.0404. The summed E-state index contributed by atoms with van der Waals surface area (Å²) in [6.07, 6.45) is 5.70. The first-order valence-corrected chi connectivity index (χ1v) is 12.2. The van der Waals surface area contributed by atoms with E-state index in [0.717, 1.165) is 0 Å². The molecular weight excluding hydrogens is 506 g/mol. The molecule has 4 aromatic heterocycles. The predicted molar refractivity (Wildman–Crippen MR) is 137 cm³/mol. The van der Waals surface area contributed by atoms with Gasteiger partial charge in [0.15, 0.2) is 5.82 Å². The normalized spacial score (nSPS) is 13.4. The van der Waals surface area contributed by atoms with Crippen molar-refractivity contribution in [3.63, 3.8) is 0 Å². The lowest BCUT2D eigenvalue weighted by molar-refractivity contribution is -0.127. The molecule has 14 heteroatoms. The van der Waals surface area contributed by atoms with Gasteiger partial charge in [0, 0.05) is 45.1 Å². The van der Waals surface area contributed by atoms with Gasteiger partial charge in [0.1, 0.15) is 17.8 Å². The number of carbonyl (C=O) groups is 4. The van der Waals surface area contributed by atoms with E-state index in [0.29, 0.717) is 23.1 Å². The number of hydrogen-bond acceptors (Lipinski definition) is 9. The molecule has 200 valence electrons. The van der Waals surface area contributed by atoms with Crippen LogP contribution >= 0.6 is 0 Å². The number of nitrogens with zero attached hydrogens (tertiary/aromatic N) is 7. The number of methoxy groups -OCH3 is 1. The van der Waals surface area contributed by atoms with Crippen LogP contribution in [-0.2, 0) is 4.79 Å². The Labute approximate surface area is 222 Å². The third-order valence-electron chi connectivity index (χ3n) is 6.30. The monoisotopic (exact) mass is 531 g/mol. The molecule has 14 nitrogen and oxygen atoms in total. The number of aromatic nitrogens is 6. The van der Waals surface area contributed by atoms with Crippen LogP contribution in [0.5, 0.6) is 5.75 Å². The summed E-state index contributed by atoms with van der Waals surface area (Å²) >= 11 is 0. The van der Waals surface area contributed by atoms with Crippen LogP contribution in [0.4, 0.5) is 0 Å². The quantitative estimate of drug-likeness (QED) is 0.254. The number of Topliss-reactive ketones (excluding diaryl/α,β-unsaturated/α-hetero) is 1. The number of aromatic amines is 1. The Hall–Kier alpha value is -5.14. The molecule has 0 aromatic carbocycles. The zero-order chi connectivity index (χ0) is 27.5. The van der Waals surface area contributed by atoms with Crippen molar-refractivity contribution in [3.05, 3.63) is 60.2 Å². The summed E-state index contributed by atoms with van der Waals surface area (Å²) in [6.45, 7) is 3.17. The highest BCUT2D eigenvalue weighted by Crippen LogP contribution is 2.32. The maximum Gasteiger partial charge on any atom is 0.295 e. The molecular formula is C25H25N9O5. The van der Waals surface area contributed by atoms with Crippen molar-refractivity contribution < 1.29 is 23.9 Å². The van der Waals surface area contributed by atoms with Gasteiger partial charge in [0.25, 0.3) is 23.5 Å². The van der Waals surface area contributed by atoms with E-state index in [1.807, 2.05) is 0 Å². The minimum atomic E-state index is -0.734. The molecule has 0 radical (unpaired) electrons. The zero-order valence-electron chi connectivity index (χ0n) is 21.2. The number of fused-ring (bicyclic) bond motifs is 1. The van der Waals surface area contributed by atoms with Gasteiger partial charge < -0.3 is 24.8 Å². The van der Waals surface area contributed by atoms with Gasteiger partial charge in [-0.2, -0.15) is 4.68 Å². The van der Waals surface area contributed by atoms with Crippen LogP contribution in [0, 0.1) is 0 Å². The zero-order valence-corrected chi connectivity index (χ0v) is 21.2. The molecule has 1 aliphatic rings. The van der Waals surface area contributed by atoms with Gasteiger partial charge in [-0.05, 0) is 19.1 Å². The van der Waals surface area contributed by atoms with Crippen molar-refractivity contribution in [2.75, 3.05) is 39.8 Å². The molecule has 0 aliphatic carbocycles. The SMILES string of the molecule is CCNC(=O)c1ncn(-c2ncc(OC)c3c(C(=O)C(=O)N4CCN(C(=O)c5ccccn5)CC4)c[nH]c23)n1. The number of H-pyrrole nitrogens is 1. The number of pyridine rings is 2. The van der Waals surface area contributed by atoms with Crippen LogP contribution in [0.25, 0.3) is 16.7 Å². The first kappa shape index (κ1) is 25.5. The summed E-state index contributed by atoms with van der Waals surface area (Å²) in [6, 6.07) is 5.10. The molecule has 0 atom stereocenters. The Morgan fingerprint density at radius 3 is 2.51 bits per heavy atom. The fraction of sp³-hybridized carbons (Fsp3) is 0.280. The minimum Gasteiger partial charge on any atom is -0.494 e. The average Bonchev–Trinajstić information content (AvgIpc) is 3.65. The highest BCUT2D eigenvalue weighted by molar-refractivity contribution is 6.45. The fourth-order valence-electron chi connectivity index (χ4n) is 4.34. The summed E-state index contributed by atoms with van der Waals surface area (Å²) in [5.74, 6) is -1.58. The molecule has 39 heavy (non-hydrogen) atoms. The van der Waals surface area contributed by atoms with Gasteiger partial charge in [0.05, 0.1) is 29.8 Å². The Kier molecular flexibility index (Phi) is 6.99. The van der Waals surface area contributed by atoms with Gasteiger partial charge in [0.2, 0.25) is 5.82 Å². The van der Waals surface area contributed by atoms with Gasteiger partial charge in [-0.1, -0.05) is 6.07 Å². The smallest absolute Gasteiger partial charge is 0.295 e. The van der Waals surface area contributed by atoms with Gasteiger partial charge in [-0.3, -0.25) is 24.2 Å². The Morgan fingerprint density at radius 1 is 1.05 bits per heavy atom. The van der Waals surface area contributed by atoms with E-state index < -0.39 is 17.6 Å². The first-order chi connectivity index (χ1) is 18.9. The number of hydrogen-bond donors (Lipinski definition) is 2. The van der Waals surface area contributed by atoms with E-state index in [1.165, 1.54) is 35.4 Å². The third kappa shape index (κ3) is 4.79. The van der Waals surface area contributed by atoms with Crippen LogP contribution in [0.15, 0.2) is 43.1 Å². The number of nitrogens with one attached hydrogen (secondary N) is 2. The maximum atomic E-state index is 13.4. The maximum absolute atomic E-state index is 13.4. The first-order valence-electron chi connectivity index (χ1n) is 12.2. The Bertz CT molecular complexity index is 1550. The van der Waals surface area contributed by atoms with E-state index >= 15 is 0 Å². The number of piperazine rings is 1. The molecule has 1 saturated heterocycles. The molecule has 0 bridgehead atoms. The second kappa shape index (κ2) is 10.7. The lowest BCUT2D eigenvalue weighted by atomic mass is 10.1. The van der Waals surface area contributed by atoms with Crippen molar-refractivity contribution in [1.82, 2.24) is 44.8 Å². The molecule has 2 N–H and O–H groups in total. The highest BCUT2D eigenvalue weighted by Gasteiger charge is 2.31. The Morgan fingerprint density at radius 2 is 1.82 bits per heavy atom. The standard InChI is InChI=1S/C25H25N9O5/c1-3-26-23(36)21-30-14-34(31-21)22-19-18(17(39-2)13-29-22)15(12-28-19)20(35)25(38)33-10-8-32(9-11-33)24(37)16-6-4-5-7-27-16/h4-7,12-14,28H,3,8-11H2,1-2H3,(H,26,36). The number of amides is 3. The summed E-state index contributed by atoms with van der Waals surface area (Å²) < 4.78 is 6.73. The van der Waals surface area contributed by atoms with Crippen molar-refractivity contribution in [3.8, 4) is 11.6 Å². The van der Waals surface area contributed by atoms with Crippen molar-refractivity contribution in [2.24, 2.45) is 0 Å². The molecule has 3 amide bonds. The number of carbonyl (C=O) groups excluding carboxylic acids is 4. The van der Waals surface area contributed by atoms with Crippen molar-refractivity contribution in [2.45, 2.75) is 6.92 Å². The molecule has 5 rings (SSSR count). The molecule has 0 unspecified atom stereocenters. The topological polar surface area (TPSA) is 168 Å². The molecule has 1 aliphatic heterocycles. The molecule has 1 fully saturated rings. The van der Waals surface area contributed by atoms with Crippen molar-refractivity contribution >= 4 is 34.4 Å². The molecule has 0 spiro atoms. The molecule has 5 heterocycles. The fourth-order valence-corrected chi connectivity index (χ4v) is 4.34. The Balaban J connectivity index is 1.37. The van der Waals surface area contributed by atoms with Crippen LogP contribution in [0.2, 0.25) is 0 Å². The summed E-state index contributed by atoms with van der Waals surface area (Å²) in [5, 5.41) is 7.16. The number of rotatable bonds is 7. The van der Waals surface area contributed by atoms with Gasteiger partial charge in [-0.15, -0.1) is 5.10 Å². The number of ketones is 1. The number of ether oxygens (including phenoxy) is 1. The van der Waals surface area contributed by atoms with E-state index in [2.05, 4.69) is 30.4 Å². The van der Waals surface area contributed by atoms with Gasteiger partial charge >= 0.3 is 0 Å². The average molecular weight is 532 g/mol. The van der Waals surface area contributed by atoms with E-state index in [9.17, 15) is 19.2 Å². The molecule has 4 aromatic rings. The molecule has 0 saturated carbocycles. The lowest BCUT2D eigenvalue weighted by Crippen LogP contribution is -2.52. The van der Waals surface area contributed by atoms with Crippen LogP contribution < -0.4 is 10.1 Å². The highest BCUT2D eigenvalue weighted by atomic mass is 16.5. The van der Waals surface area contributed by atoms with E-state index in [4.69, 9.17) is 4.74 Å². The van der Waals surface area contributed by atoms with Crippen molar-refractivity contribution in [1.29, 1.82) is 0 Å². The largest absolute Gasteiger partial charge is 0.494 e. The van der Waals surface area contributed by atoms with E-state index in [1.54, 1.807) is 36.2 Å². The van der Waals surface area contributed by atoms with Crippen LogP contribution in [0.3, 0.4) is 0 Å². The van der Waals surface area contributed by atoms with Gasteiger partial charge in [-0.25, -0.2) is 9.97 Å². The summed E-state index contributed by atoms with van der Waals surface area (Å²) in [4.78, 5) is 69.8. The third-order valence-corrected chi connectivity index (χ3v) is 6.30. The lowest BCUT2D eigenvalue weighted by Gasteiger charge is -2.34. The predicted octanol–water partition coefficient (Wildman–Crippen LogP) is 0.464. The summed E-state index contributed by atoms with van der Waals surface area (Å²) in [5.41, 5.74) is 0.810. The van der Waals surface area contributed by atoms with Crippen LogP contribution in [-0.4, -0.2) is 103 Å². The second-order valence-corrected chi connectivity index (χ2v) is 8.60.